The molecule has 0 bridgehead atoms. The van der Waals surface area contributed by atoms with E-state index >= 15 is 0 Å². The number of benzene rings is 6. The van der Waals surface area contributed by atoms with Crippen molar-refractivity contribution in [3.8, 4) is 56.4 Å². The molecule has 8 rings (SSSR count). The number of hydrogen-bond acceptors (Lipinski definition) is 3. The molecule has 0 aliphatic heterocycles. The number of fused-ring (bicyclic) bond motifs is 3. The van der Waals surface area contributed by atoms with Gasteiger partial charge in [-0.25, -0.2) is 0 Å². The molecular weight excluding hydrogens is 589 g/mol. The Morgan fingerprint density at radius 1 is 0.372 bits per heavy atom. The van der Waals surface area contributed by atoms with Crippen LogP contribution >= 0.6 is 0 Å². The summed E-state index contributed by atoms with van der Waals surface area (Å²) >= 11 is -1.30. The van der Waals surface area contributed by atoms with Crippen molar-refractivity contribution in [1.29, 1.82) is 0 Å². The van der Waals surface area contributed by atoms with Crippen LogP contribution in [0.5, 0.6) is 0 Å². The average molecular weight is 639 g/mol. The SMILES string of the molecule is [2H]c1c(-c2nc(-c3c([2H])c([2H])c([2H])c([2H])c3[2H])nc(-c3c([2H])c([2H])c([2H])c([2H])c3[2H])n2)cc(-c2c([2H])c([2H])c([2H])c3c2[se]c2c(-c4c([2H])c([2H])c([2H])c([2H])c4[2H])c([2H])c([2H])c([2H])c23)c([2H])c1[2H]. The fourth-order valence-corrected chi connectivity index (χ4v) is 6.86. The summed E-state index contributed by atoms with van der Waals surface area (Å²) in [6.07, 6.45) is 0. The van der Waals surface area contributed by atoms with Crippen LogP contribution < -0.4 is 0 Å². The molecule has 0 N–H and O–H groups in total. The number of rotatable bonds is 5. The van der Waals surface area contributed by atoms with Crippen LogP contribution in [0.3, 0.4) is 0 Å². The van der Waals surface area contributed by atoms with Gasteiger partial charge >= 0.3 is 286 Å². The summed E-state index contributed by atoms with van der Waals surface area (Å²) in [6, 6.07) is -17.3. The molecule has 0 amide bonds. The van der Waals surface area contributed by atoms with Gasteiger partial charge in [0, 0.05) is 0 Å². The fraction of sp³-hybridized carbons (Fsp3) is 0. The van der Waals surface area contributed by atoms with Crippen molar-refractivity contribution in [2.45, 2.75) is 0 Å². The van der Waals surface area contributed by atoms with Gasteiger partial charge in [-0.15, -0.1) is 0 Å². The Morgan fingerprint density at radius 2 is 0.767 bits per heavy atom. The normalized spacial score (nSPS) is 19.1. The molecule has 4 heteroatoms. The van der Waals surface area contributed by atoms with Crippen molar-refractivity contribution in [2.75, 3.05) is 0 Å². The zero-order valence-electron chi connectivity index (χ0n) is 45.3. The quantitative estimate of drug-likeness (QED) is 0.176. The van der Waals surface area contributed by atoms with Gasteiger partial charge in [0.2, 0.25) is 0 Å². The molecule has 8 aromatic rings. The van der Waals surface area contributed by atoms with E-state index in [1.807, 2.05) is 0 Å². The van der Waals surface area contributed by atoms with E-state index in [9.17, 15) is 1.37 Å². The number of nitrogens with zero attached hydrogens (tertiary/aromatic N) is 3. The second-order valence-electron chi connectivity index (χ2n) is 8.66. The Labute approximate surface area is 289 Å². The molecule has 202 valence electrons. The summed E-state index contributed by atoms with van der Waals surface area (Å²) in [5.74, 6) is -2.03. The van der Waals surface area contributed by atoms with Crippen LogP contribution in [-0.2, 0) is 0 Å². The van der Waals surface area contributed by atoms with Crippen molar-refractivity contribution < 1.29 is 32.9 Å². The zero-order chi connectivity index (χ0) is 49.5. The van der Waals surface area contributed by atoms with Crippen LogP contribution in [0.25, 0.3) is 75.7 Å². The van der Waals surface area contributed by atoms with E-state index < -0.39 is 199 Å². The molecule has 0 saturated carbocycles. The number of aromatic nitrogens is 3. The Hall–Kier alpha value is -5.15. The Bertz CT molecular complexity index is 3420. The molecule has 2 heterocycles. The van der Waals surface area contributed by atoms with E-state index in [0.29, 0.717) is 0 Å². The van der Waals surface area contributed by atoms with Crippen LogP contribution in [0.1, 0.15) is 32.9 Å². The summed E-state index contributed by atoms with van der Waals surface area (Å²) in [5, 5.41) is -0.399. The topological polar surface area (TPSA) is 38.7 Å². The van der Waals surface area contributed by atoms with E-state index in [1.54, 1.807) is 0 Å². The first kappa shape index (κ1) is 10.8. The van der Waals surface area contributed by atoms with E-state index in [2.05, 4.69) is 15.0 Å². The maximum absolute atomic E-state index is 9.18. The van der Waals surface area contributed by atoms with Crippen molar-refractivity contribution in [3.05, 3.63) is 151 Å². The molecule has 0 radical (unpaired) electrons. The van der Waals surface area contributed by atoms with Crippen molar-refractivity contribution in [1.82, 2.24) is 15.0 Å². The van der Waals surface area contributed by atoms with E-state index in [1.165, 1.54) is 0 Å². The predicted octanol–water partition coefficient (Wildman–Crippen LogP) is 9.57. The standard InChI is InChI=1S/C39H25N3Se/c1-4-13-26(14-5-1)31-21-11-23-33-34-24-12-22-32(36(34)43-35(31)33)29-19-10-20-30(25-29)39-41-37(27-15-6-2-7-16-27)40-38(42-39)28-17-8-3-9-18-28/h1-25H/i1D,2D,3D,4D,5D,6D,7D,8D,9D,10D,11D,12D,13D,14D,15D,16D,17D,18D,19D,20D,21D,22D,23D,24D. The van der Waals surface area contributed by atoms with Crippen LogP contribution in [0.4, 0.5) is 0 Å². The first-order chi connectivity index (χ1) is 31.3. The third-order valence-corrected chi connectivity index (χ3v) is 8.71. The summed E-state index contributed by atoms with van der Waals surface area (Å²) in [6.45, 7) is 0. The fourth-order valence-electron chi connectivity index (χ4n) is 4.27. The number of hydrogen-bond donors (Lipinski definition) is 0. The first-order valence-corrected chi connectivity index (χ1v) is 14.0. The maximum atomic E-state index is 9.18. The van der Waals surface area contributed by atoms with E-state index in [-0.39, 0.29) is 36.0 Å². The van der Waals surface area contributed by atoms with Crippen molar-refractivity contribution in [2.24, 2.45) is 0 Å². The van der Waals surface area contributed by atoms with Gasteiger partial charge in [-0.05, 0) is 0 Å². The average Bonchev–Trinajstić information content (AvgIpc) is 3.69. The van der Waals surface area contributed by atoms with Crippen molar-refractivity contribution in [3.63, 3.8) is 0 Å². The van der Waals surface area contributed by atoms with Gasteiger partial charge < -0.3 is 0 Å². The van der Waals surface area contributed by atoms with Gasteiger partial charge in [0.05, 0.1) is 2.74 Å². The Balaban J connectivity index is 1.52. The molecule has 2 aromatic heterocycles. The van der Waals surface area contributed by atoms with Crippen LogP contribution in [0.2, 0.25) is 0 Å². The van der Waals surface area contributed by atoms with Crippen molar-refractivity contribution >= 4 is 33.8 Å². The first-order valence-electron chi connectivity index (χ1n) is 24.3. The summed E-state index contributed by atoms with van der Waals surface area (Å²) in [7, 11) is 0. The molecule has 43 heavy (non-hydrogen) atoms. The van der Waals surface area contributed by atoms with Crippen LogP contribution in [-0.4, -0.2) is 29.5 Å². The van der Waals surface area contributed by atoms with Gasteiger partial charge in [0.15, 0.2) is 0 Å². The molecule has 0 unspecified atom stereocenters. The molecule has 0 aliphatic rings. The Morgan fingerprint density at radius 3 is 1.30 bits per heavy atom. The molecule has 0 spiro atoms. The van der Waals surface area contributed by atoms with Gasteiger partial charge in [-0.3, -0.25) is 0 Å². The molecule has 6 aromatic carbocycles. The summed E-state index contributed by atoms with van der Waals surface area (Å²) in [4.78, 5) is 12.9. The third kappa shape index (κ3) is 4.77. The molecular formula is C39H25N3Se. The second-order valence-corrected chi connectivity index (χ2v) is 10.8. The minimum atomic E-state index is -1.30. The van der Waals surface area contributed by atoms with Crippen LogP contribution in [0.15, 0.2) is 151 Å². The summed E-state index contributed by atoms with van der Waals surface area (Å²) < 4.78 is 207. The van der Waals surface area contributed by atoms with Gasteiger partial charge in [-0.1, -0.05) is 0 Å². The van der Waals surface area contributed by atoms with Gasteiger partial charge in [0.1, 0.15) is 0 Å². The molecule has 3 nitrogen and oxygen atoms in total. The van der Waals surface area contributed by atoms with E-state index in [4.69, 9.17) is 31.5 Å². The monoisotopic (exact) mass is 639 g/mol. The predicted molar refractivity (Wildman–Crippen MR) is 179 cm³/mol. The molecule has 0 saturated heterocycles. The molecule has 0 atom stereocenters. The minimum absolute atomic E-state index is 0.00696. The Kier molecular flexibility index (Phi) is 2.75. The second kappa shape index (κ2) is 10.9. The third-order valence-electron chi connectivity index (χ3n) is 6.14. The molecule has 0 fully saturated rings. The van der Waals surface area contributed by atoms with Crippen LogP contribution in [0, 0.1) is 0 Å². The van der Waals surface area contributed by atoms with E-state index in [0.717, 1.165) is 6.07 Å². The molecule has 0 aliphatic carbocycles. The van der Waals surface area contributed by atoms with Gasteiger partial charge in [-0.2, -0.15) is 0 Å². The zero-order valence-corrected chi connectivity index (χ0v) is 23.0. The summed E-state index contributed by atoms with van der Waals surface area (Å²) in [5.41, 5.74) is -3.20. The van der Waals surface area contributed by atoms with Gasteiger partial charge in [0.25, 0.3) is 0 Å².